The van der Waals surface area contributed by atoms with E-state index in [0.29, 0.717) is 12.8 Å². The lowest BCUT2D eigenvalue weighted by molar-refractivity contribution is -0.128. The smallest absolute Gasteiger partial charge is 0.239 e. The highest BCUT2D eigenvalue weighted by Crippen LogP contribution is 2.50. The molecule has 0 unspecified atom stereocenters. The third-order valence-electron chi connectivity index (χ3n) is 2.30. The molecule has 4 heteroatoms. The van der Waals surface area contributed by atoms with Gasteiger partial charge in [0.05, 0.1) is 5.41 Å². The molecule has 1 aliphatic carbocycles. The van der Waals surface area contributed by atoms with Crippen molar-refractivity contribution in [2.24, 2.45) is 5.41 Å². The Hall–Kier alpha value is -0.670. The lowest BCUT2D eigenvalue weighted by Crippen LogP contribution is -2.37. The van der Waals surface area contributed by atoms with Gasteiger partial charge in [-0.3, -0.25) is 4.79 Å². The molecule has 0 heterocycles. The van der Waals surface area contributed by atoms with Crippen LogP contribution in [-0.2, 0) is 4.79 Å². The average Bonchev–Trinajstić information content (AvgIpc) is 2.66. The van der Waals surface area contributed by atoms with E-state index < -0.39 is 11.8 Å². The number of alkyl halides is 2. The zero-order valence-electron chi connectivity index (χ0n) is 7.94. The minimum atomic E-state index is -2.37. The van der Waals surface area contributed by atoms with Gasteiger partial charge in [0, 0.05) is 12.5 Å². The summed E-state index contributed by atoms with van der Waals surface area (Å²) in [7, 11) is 0. The number of nitrogens with one attached hydrogen (secondary N) is 1. The molecule has 0 aromatic heterocycles. The summed E-state index contributed by atoms with van der Waals surface area (Å²) in [4.78, 5) is 11.4. The number of amides is 1. The summed E-state index contributed by atoms with van der Waals surface area (Å²) in [5.41, 5.74) is -0.738. The molecule has 0 aliphatic heterocycles. The minimum absolute atomic E-state index is 0.0302. The van der Waals surface area contributed by atoms with Gasteiger partial charge >= 0.3 is 0 Å². The second-order valence-electron chi connectivity index (χ2n) is 4.00. The maximum absolute atomic E-state index is 12.1. The van der Waals surface area contributed by atoms with Gasteiger partial charge in [0.1, 0.15) is 0 Å². The number of carbonyl (C=O) groups excluding carboxylic acids is 1. The third kappa shape index (κ3) is 2.64. The Morgan fingerprint density at radius 2 is 2.00 bits per heavy atom. The van der Waals surface area contributed by atoms with Crippen LogP contribution in [0.4, 0.5) is 8.78 Å². The topological polar surface area (TPSA) is 29.1 Å². The first-order valence-electron chi connectivity index (χ1n) is 4.55. The van der Waals surface area contributed by atoms with Gasteiger partial charge in [-0.25, -0.2) is 8.78 Å². The molecular weight excluding hydrogens is 176 g/mol. The van der Waals surface area contributed by atoms with E-state index in [-0.39, 0.29) is 18.4 Å². The van der Waals surface area contributed by atoms with Crippen LogP contribution < -0.4 is 5.32 Å². The normalized spacial score (nSPS) is 19.2. The molecule has 13 heavy (non-hydrogen) atoms. The van der Waals surface area contributed by atoms with Crippen LogP contribution in [0.1, 0.15) is 33.1 Å². The molecule has 2 nitrogen and oxygen atoms in total. The minimum Gasteiger partial charge on any atom is -0.353 e. The maximum Gasteiger partial charge on any atom is 0.239 e. The van der Waals surface area contributed by atoms with Crippen molar-refractivity contribution < 1.29 is 13.6 Å². The molecule has 1 amide bonds. The highest BCUT2D eigenvalue weighted by molar-refractivity contribution is 5.85. The van der Waals surface area contributed by atoms with Crippen LogP contribution in [0.3, 0.4) is 0 Å². The predicted molar refractivity (Wildman–Crippen MR) is 45.6 cm³/mol. The Morgan fingerprint density at radius 3 is 2.31 bits per heavy atom. The molecule has 0 aromatic rings. The van der Waals surface area contributed by atoms with Gasteiger partial charge in [0.25, 0.3) is 0 Å². The largest absolute Gasteiger partial charge is 0.353 e. The number of hydrogen-bond donors (Lipinski definition) is 1. The van der Waals surface area contributed by atoms with Gasteiger partial charge in [-0.1, -0.05) is 0 Å². The van der Waals surface area contributed by atoms with E-state index in [4.69, 9.17) is 0 Å². The van der Waals surface area contributed by atoms with Crippen molar-refractivity contribution in [3.63, 3.8) is 0 Å². The molecule has 0 bridgehead atoms. The average molecular weight is 191 g/mol. The van der Waals surface area contributed by atoms with Crippen molar-refractivity contribution in [3.05, 3.63) is 0 Å². The molecule has 0 aromatic carbocycles. The predicted octanol–water partition coefficient (Wildman–Crippen LogP) is 1.95. The highest BCUT2D eigenvalue weighted by atomic mass is 19.3. The van der Waals surface area contributed by atoms with Crippen molar-refractivity contribution >= 4 is 5.91 Å². The molecule has 1 saturated carbocycles. The van der Waals surface area contributed by atoms with Gasteiger partial charge in [-0.15, -0.1) is 0 Å². The lowest BCUT2D eigenvalue weighted by atomic mass is 10.0. The van der Waals surface area contributed by atoms with E-state index in [9.17, 15) is 13.6 Å². The number of carbonyl (C=O) groups is 1. The van der Waals surface area contributed by atoms with Crippen LogP contribution in [0.2, 0.25) is 0 Å². The SMILES string of the molecule is CC(C)NC(=O)C1(CC(F)F)CC1. The number of hydrogen-bond acceptors (Lipinski definition) is 1. The first-order chi connectivity index (χ1) is 5.96. The lowest BCUT2D eigenvalue weighted by Gasteiger charge is -2.16. The Bertz CT molecular complexity index is 200. The van der Waals surface area contributed by atoms with Crippen LogP contribution in [0.25, 0.3) is 0 Å². The van der Waals surface area contributed by atoms with Gasteiger partial charge in [0.15, 0.2) is 0 Å². The summed E-state index contributed by atoms with van der Waals surface area (Å²) in [5.74, 6) is -0.206. The summed E-state index contributed by atoms with van der Waals surface area (Å²) in [5, 5.41) is 2.68. The van der Waals surface area contributed by atoms with Gasteiger partial charge in [0.2, 0.25) is 12.3 Å². The van der Waals surface area contributed by atoms with Crippen LogP contribution in [-0.4, -0.2) is 18.4 Å². The van der Waals surface area contributed by atoms with E-state index in [2.05, 4.69) is 5.32 Å². The van der Waals surface area contributed by atoms with E-state index in [1.165, 1.54) is 0 Å². The van der Waals surface area contributed by atoms with Crippen molar-refractivity contribution in [3.8, 4) is 0 Å². The number of rotatable bonds is 4. The zero-order chi connectivity index (χ0) is 10.1. The Balaban J connectivity index is 2.45. The van der Waals surface area contributed by atoms with E-state index in [0.717, 1.165) is 0 Å². The number of halogens is 2. The maximum atomic E-state index is 12.1. The van der Waals surface area contributed by atoms with Crippen molar-refractivity contribution in [1.82, 2.24) is 5.32 Å². The molecule has 1 N–H and O–H groups in total. The summed E-state index contributed by atoms with van der Waals surface area (Å²) in [6.45, 7) is 3.66. The van der Waals surface area contributed by atoms with E-state index in [1.54, 1.807) is 0 Å². The Labute approximate surface area is 76.7 Å². The summed E-state index contributed by atoms with van der Waals surface area (Å²) < 4.78 is 24.2. The molecular formula is C9H15F2NO. The molecule has 76 valence electrons. The molecule has 1 aliphatic rings. The Kier molecular flexibility index (Phi) is 2.88. The molecule has 0 spiro atoms. The molecule has 1 rings (SSSR count). The fraction of sp³-hybridized carbons (Fsp3) is 0.889. The van der Waals surface area contributed by atoms with Gasteiger partial charge in [-0.2, -0.15) is 0 Å². The van der Waals surface area contributed by atoms with Gasteiger partial charge < -0.3 is 5.32 Å². The summed E-state index contributed by atoms with van der Waals surface area (Å²) >= 11 is 0. The second-order valence-corrected chi connectivity index (χ2v) is 4.00. The van der Waals surface area contributed by atoms with Crippen molar-refractivity contribution in [2.75, 3.05) is 0 Å². The molecule has 0 atom stereocenters. The van der Waals surface area contributed by atoms with E-state index >= 15 is 0 Å². The second kappa shape index (κ2) is 3.60. The van der Waals surface area contributed by atoms with Crippen LogP contribution in [0.5, 0.6) is 0 Å². The zero-order valence-corrected chi connectivity index (χ0v) is 7.94. The summed E-state index contributed by atoms with van der Waals surface area (Å²) in [6.07, 6.45) is -1.45. The molecule has 1 fully saturated rings. The Morgan fingerprint density at radius 1 is 1.46 bits per heavy atom. The van der Waals surface area contributed by atoms with E-state index in [1.807, 2.05) is 13.8 Å². The van der Waals surface area contributed by atoms with Crippen molar-refractivity contribution in [2.45, 2.75) is 45.6 Å². The standard InChI is InChI=1S/C9H15F2NO/c1-6(2)12-8(13)9(3-4-9)5-7(10)11/h6-7H,3-5H2,1-2H3,(H,12,13). The van der Waals surface area contributed by atoms with Gasteiger partial charge in [-0.05, 0) is 26.7 Å². The quantitative estimate of drug-likeness (QED) is 0.723. The molecule has 0 radical (unpaired) electrons. The van der Waals surface area contributed by atoms with Crippen LogP contribution in [0, 0.1) is 5.41 Å². The first kappa shape index (κ1) is 10.4. The fourth-order valence-corrected chi connectivity index (χ4v) is 1.39. The first-order valence-corrected chi connectivity index (χ1v) is 4.55. The summed E-state index contributed by atoms with van der Waals surface area (Å²) in [6, 6.07) is 0.0302. The monoisotopic (exact) mass is 191 g/mol. The highest BCUT2D eigenvalue weighted by Gasteiger charge is 2.51. The fourth-order valence-electron chi connectivity index (χ4n) is 1.39. The van der Waals surface area contributed by atoms with Crippen LogP contribution in [0.15, 0.2) is 0 Å². The molecule has 0 saturated heterocycles. The van der Waals surface area contributed by atoms with Crippen molar-refractivity contribution in [1.29, 1.82) is 0 Å². The third-order valence-corrected chi connectivity index (χ3v) is 2.30. The van der Waals surface area contributed by atoms with Crippen LogP contribution >= 0.6 is 0 Å².